The first-order valence-electron chi connectivity index (χ1n) is 4.57. The normalized spacial score (nSPS) is 10.0. The summed E-state index contributed by atoms with van der Waals surface area (Å²) in [5, 5.41) is 2.64. The Morgan fingerprint density at radius 2 is 1.92 bits per heavy atom. The second-order valence-electron chi connectivity index (χ2n) is 2.90. The number of methoxy groups -OCH3 is 1. The van der Waals surface area contributed by atoms with Crippen molar-refractivity contribution in [1.82, 2.24) is 0 Å². The third-order valence-corrected chi connectivity index (χ3v) is 4.37. The first-order chi connectivity index (χ1) is 6.36. The molecule has 0 aliphatic rings. The predicted octanol–water partition coefficient (Wildman–Crippen LogP) is 2.73. The first-order valence-corrected chi connectivity index (χ1v) is 6.99. The summed E-state index contributed by atoms with van der Waals surface area (Å²) in [5.74, 6) is 0.951. The van der Waals surface area contributed by atoms with Crippen molar-refractivity contribution in [3.8, 4) is 5.75 Å². The number of ether oxygens (including phenoxy) is 1. The fourth-order valence-corrected chi connectivity index (χ4v) is 2.86. The molecule has 0 radical (unpaired) electrons. The summed E-state index contributed by atoms with van der Waals surface area (Å²) in [5.41, 5.74) is 1.44. The molecule has 0 atom stereocenters. The Balaban J connectivity index is 2.40. The van der Waals surface area contributed by atoms with Crippen LogP contribution in [0.25, 0.3) is 0 Å². The predicted molar refractivity (Wildman–Crippen MR) is 57.6 cm³/mol. The molecule has 0 N–H and O–H groups in total. The van der Waals surface area contributed by atoms with Crippen LogP contribution in [0.15, 0.2) is 24.3 Å². The average Bonchev–Trinajstić information content (AvgIpc) is 2.19. The molecule has 1 aromatic rings. The van der Waals surface area contributed by atoms with Gasteiger partial charge < -0.3 is 0 Å². The first kappa shape index (κ1) is 10.6. The molecule has 0 spiro atoms. The van der Waals surface area contributed by atoms with Gasteiger partial charge in [0, 0.05) is 0 Å². The van der Waals surface area contributed by atoms with Crippen molar-refractivity contribution in [1.29, 1.82) is 0 Å². The molecule has 1 rings (SSSR count). The third-order valence-electron chi connectivity index (χ3n) is 1.78. The minimum absolute atomic E-state index is 0.781. The fraction of sp³-hybridized carbons (Fsp3) is 0.455. The van der Waals surface area contributed by atoms with E-state index >= 15 is 0 Å². The summed E-state index contributed by atoms with van der Waals surface area (Å²) in [4.78, 5) is 0. The number of benzene rings is 1. The van der Waals surface area contributed by atoms with E-state index in [2.05, 4.69) is 19.1 Å². The topological polar surface area (TPSA) is 9.23 Å². The van der Waals surface area contributed by atoms with Crippen LogP contribution in [0.3, 0.4) is 0 Å². The van der Waals surface area contributed by atoms with E-state index in [4.69, 9.17) is 4.74 Å². The monoisotopic (exact) mass is 244 g/mol. The minimum atomic E-state index is 0.781. The van der Waals surface area contributed by atoms with Crippen molar-refractivity contribution in [3.63, 3.8) is 0 Å². The zero-order valence-corrected chi connectivity index (χ0v) is 9.96. The summed E-state index contributed by atoms with van der Waals surface area (Å²) in [6.07, 6.45) is 1.32. The Labute approximate surface area is 86.7 Å². The number of rotatable bonds is 5. The van der Waals surface area contributed by atoms with Gasteiger partial charge in [0.1, 0.15) is 0 Å². The van der Waals surface area contributed by atoms with Gasteiger partial charge in [0.2, 0.25) is 0 Å². The number of hydrogen-bond donors (Lipinski definition) is 0. The van der Waals surface area contributed by atoms with Gasteiger partial charge in [-0.25, -0.2) is 0 Å². The quantitative estimate of drug-likeness (QED) is 0.570. The van der Waals surface area contributed by atoms with Crippen LogP contribution in [0.2, 0.25) is 5.32 Å². The second-order valence-corrected chi connectivity index (χ2v) is 5.22. The van der Waals surface area contributed by atoms with Crippen molar-refractivity contribution >= 4 is 15.0 Å². The second kappa shape index (κ2) is 6.06. The van der Waals surface area contributed by atoms with E-state index in [-0.39, 0.29) is 0 Å². The van der Waals surface area contributed by atoms with Gasteiger partial charge in [-0.1, -0.05) is 0 Å². The molecule has 0 aliphatic heterocycles. The maximum absolute atomic E-state index is 5.10. The standard InChI is InChI=1S/C11H16OSe/c1-3-8-13-9-10-4-6-11(12-2)7-5-10/h4-7H,3,8-9H2,1-2H3. The van der Waals surface area contributed by atoms with E-state index < -0.39 is 0 Å². The van der Waals surface area contributed by atoms with Crippen molar-refractivity contribution < 1.29 is 4.74 Å². The average molecular weight is 243 g/mol. The van der Waals surface area contributed by atoms with E-state index in [9.17, 15) is 0 Å². The molecular formula is C11H16OSe. The van der Waals surface area contributed by atoms with E-state index in [1.165, 1.54) is 22.6 Å². The molecular weight excluding hydrogens is 227 g/mol. The van der Waals surface area contributed by atoms with E-state index in [1.54, 1.807) is 7.11 Å². The van der Waals surface area contributed by atoms with Gasteiger partial charge in [-0.05, 0) is 0 Å². The third kappa shape index (κ3) is 3.84. The van der Waals surface area contributed by atoms with E-state index in [0.29, 0.717) is 0 Å². The molecule has 0 saturated heterocycles. The van der Waals surface area contributed by atoms with Gasteiger partial charge in [-0.15, -0.1) is 0 Å². The van der Waals surface area contributed by atoms with Gasteiger partial charge in [0.05, 0.1) is 0 Å². The Morgan fingerprint density at radius 1 is 1.23 bits per heavy atom. The zero-order chi connectivity index (χ0) is 9.52. The molecule has 0 fully saturated rings. The van der Waals surface area contributed by atoms with Gasteiger partial charge in [0.25, 0.3) is 0 Å². The van der Waals surface area contributed by atoms with Crippen LogP contribution in [0, 0.1) is 0 Å². The molecule has 0 heterocycles. The van der Waals surface area contributed by atoms with Crippen LogP contribution in [0.1, 0.15) is 18.9 Å². The van der Waals surface area contributed by atoms with Crippen LogP contribution < -0.4 is 4.74 Å². The molecule has 0 aliphatic carbocycles. The Morgan fingerprint density at radius 3 is 2.46 bits per heavy atom. The van der Waals surface area contributed by atoms with Crippen LogP contribution in [-0.2, 0) is 5.32 Å². The SMILES string of the molecule is CCC[Se]Cc1ccc(OC)cc1. The molecule has 0 unspecified atom stereocenters. The van der Waals surface area contributed by atoms with Crippen LogP contribution in [0.5, 0.6) is 5.75 Å². The van der Waals surface area contributed by atoms with Gasteiger partial charge in [-0.3, -0.25) is 0 Å². The summed E-state index contributed by atoms with van der Waals surface area (Å²) >= 11 is 0.781. The summed E-state index contributed by atoms with van der Waals surface area (Å²) in [6, 6.07) is 8.40. The van der Waals surface area contributed by atoms with Crippen LogP contribution in [0.4, 0.5) is 0 Å². The van der Waals surface area contributed by atoms with E-state index in [0.717, 1.165) is 20.7 Å². The van der Waals surface area contributed by atoms with Gasteiger partial charge >= 0.3 is 86.4 Å². The molecule has 13 heavy (non-hydrogen) atoms. The van der Waals surface area contributed by atoms with Crippen molar-refractivity contribution in [2.24, 2.45) is 0 Å². The summed E-state index contributed by atoms with van der Waals surface area (Å²) in [7, 11) is 1.70. The molecule has 0 saturated carbocycles. The number of hydrogen-bond acceptors (Lipinski definition) is 1. The summed E-state index contributed by atoms with van der Waals surface area (Å²) < 4.78 is 5.10. The van der Waals surface area contributed by atoms with Gasteiger partial charge in [-0.2, -0.15) is 0 Å². The molecule has 1 aromatic carbocycles. The summed E-state index contributed by atoms with van der Waals surface area (Å²) in [6.45, 7) is 2.25. The fourth-order valence-electron chi connectivity index (χ4n) is 1.06. The molecule has 2 heteroatoms. The Hall–Kier alpha value is -0.461. The maximum atomic E-state index is 5.10. The molecule has 0 aromatic heterocycles. The van der Waals surface area contributed by atoms with E-state index in [1.807, 2.05) is 12.1 Å². The van der Waals surface area contributed by atoms with Crippen LogP contribution in [-0.4, -0.2) is 22.1 Å². The molecule has 72 valence electrons. The molecule has 0 amide bonds. The van der Waals surface area contributed by atoms with Crippen molar-refractivity contribution in [2.75, 3.05) is 7.11 Å². The zero-order valence-electron chi connectivity index (χ0n) is 8.25. The van der Waals surface area contributed by atoms with Gasteiger partial charge in [0.15, 0.2) is 0 Å². The molecule has 1 nitrogen and oxygen atoms in total. The molecule has 0 bridgehead atoms. The van der Waals surface area contributed by atoms with Crippen molar-refractivity contribution in [2.45, 2.75) is 24.0 Å². The van der Waals surface area contributed by atoms with Crippen LogP contribution >= 0.6 is 0 Å². The van der Waals surface area contributed by atoms with Crippen molar-refractivity contribution in [3.05, 3.63) is 29.8 Å². The Kier molecular flexibility index (Phi) is 4.95. The Bertz CT molecular complexity index is 230.